The molecule has 3 rings (SSSR count). The van der Waals surface area contributed by atoms with Gasteiger partial charge in [0, 0.05) is 51.8 Å². The Kier molecular flexibility index (Phi) is 7.64. The highest BCUT2D eigenvalue weighted by Gasteiger charge is 2.34. The van der Waals surface area contributed by atoms with Crippen LogP contribution in [0.15, 0.2) is 40.7 Å². The molecule has 7 heteroatoms. The Bertz CT molecular complexity index is 787. The van der Waals surface area contributed by atoms with Crippen LogP contribution in [0.1, 0.15) is 42.1 Å². The molecule has 158 valence electrons. The van der Waals surface area contributed by atoms with Crippen LogP contribution in [0.5, 0.6) is 0 Å². The molecule has 2 aromatic rings. The van der Waals surface area contributed by atoms with Crippen molar-refractivity contribution < 1.29 is 9.47 Å². The Hall–Kier alpha value is -1.96. The molecule has 1 aliphatic rings. The van der Waals surface area contributed by atoms with Crippen LogP contribution in [-0.4, -0.2) is 56.8 Å². The van der Waals surface area contributed by atoms with E-state index in [9.17, 15) is 0 Å². The number of nitrogens with one attached hydrogen (secondary N) is 1. The molecule has 1 atom stereocenters. The minimum Gasteiger partial charge on any atom is -0.381 e. The van der Waals surface area contributed by atoms with Crippen molar-refractivity contribution in [2.24, 2.45) is 4.99 Å². The van der Waals surface area contributed by atoms with Crippen LogP contribution in [0.2, 0.25) is 0 Å². The predicted molar refractivity (Wildman–Crippen MR) is 119 cm³/mol. The van der Waals surface area contributed by atoms with Crippen LogP contribution in [0.4, 0.5) is 0 Å². The SMILES string of the molecule is CN=C(NCC1(c2ccccc2)CCOCC1)N(C)Cc1csc(C(C)OC)n1. The molecule has 1 aromatic heterocycles. The van der Waals surface area contributed by atoms with E-state index in [2.05, 4.69) is 50.9 Å². The summed E-state index contributed by atoms with van der Waals surface area (Å²) in [6, 6.07) is 10.8. The van der Waals surface area contributed by atoms with Gasteiger partial charge in [-0.3, -0.25) is 4.99 Å². The number of methoxy groups -OCH3 is 1. The van der Waals surface area contributed by atoms with Crippen LogP contribution < -0.4 is 5.32 Å². The Morgan fingerprint density at radius 2 is 2.07 bits per heavy atom. The molecule has 0 bridgehead atoms. The molecule has 1 aromatic carbocycles. The maximum atomic E-state index is 5.65. The number of aromatic nitrogens is 1. The zero-order valence-corrected chi connectivity index (χ0v) is 18.7. The Labute approximate surface area is 178 Å². The van der Waals surface area contributed by atoms with Crippen molar-refractivity contribution in [1.82, 2.24) is 15.2 Å². The van der Waals surface area contributed by atoms with E-state index in [1.807, 2.05) is 21.0 Å². The molecule has 29 heavy (non-hydrogen) atoms. The number of hydrogen-bond donors (Lipinski definition) is 1. The zero-order valence-electron chi connectivity index (χ0n) is 17.9. The number of hydrogen-bond acceptors (Lipinski definition) is 5. The van der Waals surface area contributed by atoms with Crippen LogP contribution in [-0.2, 0) is 21.4 Å². The van der Waals surface area contributed by atoms with Crippen LogP contribution in [0, 0.1) is 0 Å². The van der Waals surface area contributed by atoms with Crippen molar-refractivity contribution in [2.75, 3.05) is 41.0 Å². The summed E-state index contributed by atoms with van der Waals surface area (Å²) in [5.74, 6) is 0.876. The lowest BCUT2D eigenvalue weighted by Crippen LogP contribution is -2.48. The van der Waals surface area contributed by atoms with Gasteiger partial charge in [0.1, 0.15) is 11.1 Å². The monoisotopic (exact) mass is 416 g/mol. The molecule has 0 aliphatic carbocycles. The van der Waals surface area contributed by atoms with E-state index in [4.69, 9.17) is 14.5 Å². The molecule has 0 spiro atoms. The molecular formula is C22H32N4O2S. The van der Waals surface area contributed by atoms with E-state index in [1.54, 1.807) is 18.4 Å². The fourth-order valence-corrected chi connectivity index (χ4v) is 4.60. The lowest BCUT2D eigenvalue weighted by molar-refractivity contribution is 0.0512. The van der Waals surface area contributed by atoms with E-state index in [0.29, 0.717) is 6.54 Å². The lowest BCUT2D eigenvalue weighted by Gasteiger charge is -2.39. The molecule has 6 nitrogen and oxygen atoms in total. The maximum Gasteiger partial charge on any atom is 0.193 e. The lowest BCUT2D eigenvalue weighted by atomic mass is 9.74. The molecule has 1 aliphatic heterocycles. The van der Waals surface area contributed by atoms with Crippen molar-refractivity contribution in [1.29, 1.82) is 0 Å². The van der Waals surface area contributed by atoms with E-state index >= 15 is 0 Å². The van der Waals surface area contributed by atoms with Gasteiger partial charge in [-0.15, -0.1) is 11.3 Å². The quantitative estimate of drug-likeness (QED) is 0.552. The van der Waals surface area contributed by atoms with Crippen molar-refractivity contribution >= 4 is 17.3 Å². The van der Waals surface area contributed by atoms with Gasteiger partial charge in [0.25, 0.3) is 0 Å². The first-order valence-corrected chi connectivity index (χ1v) is 11.0. The third kappa shape index (κ3) is 5.35. The fourth-order valence-electron chi connectivity index (χ4n) is 3.76. The first-order valence-electron chi connectivity index (χ1n) is 10.1. The number of aliphatic imine (C=N–C) groups is 1. The van der Waals surface area contributed by atoms with Gasteiger partial charge in [-0.1, -0.05) is 30.3 Å². The molecular weight excluding hydrogens is 384 g/mol. The second kappa shape index (κ2) is 10.2. The number of guanidine groups is 1. The average Bonchev–Trinajstić information content (AvgIpc) is 3.23. The standard InChI is InChI=1S/C22H32N4O2S/c1-17(27-4)20-25-19(15-29-20)14-26(3)21(23-2)24-16-22(10-12-28-13-11-22)18-8-6-5-7-9-18/h5-9,15,17H,10-14,16H2,1-4H3,(H,23,24). The van der Waals surface area contributed by atoms with Gasteiger partial charge in [0.15, 0.2) is 5.96 Å². The van der Waals surface area contributed by atoms with Crippen molar-refractivity contribution in [3.8, 4) is 0 Å². The minimum absolute atomic E-state index is 0.0238. The number of ether oxygens (including phenoxy) is 2. The second-order valence-electron chi connectivity index (χ2n) is 7.57. The summed E-state index contributed by atoms with van der Waals surface area (Å²) in [6.07, 6.45) is 2.04. The van der Waals surface area contributed by atoms with Crippen LogP contribution >= 0.6 is 11.3 Å². The molecule has 1 saturated heterocycles. The first-order chi connectivity index (χ1) is 14.1. The van der Waals surface area contributed by atoms with E-state index in [-0.39, 0.29) is 11.5 Å². The summed E-state index contributed by atoms with van der Waals surface area (Å²) in [7, 11) is 5.59. The number of benzene rings is 1. The van der Waals surface area contributed by atoms with Crippen molar-refractivity contribution in [2.45, 2.75) is 37.8 Å². The molecule has 0 radical (unpaired) electrons. The number of nitrogens with zero attached hydrogens (tertiary/aromatic N) is 3. The highest BCUT2D eigenvalue weighted by molar-refractivity contribution is 7.09. The smallest absolute Gasteiger partial charge is 0.193 e. The Morgan fingerprint density at radius 3 is 2.72 bits per heavy atom. The summed E-state index contributed by atoms with van der Waals surface area (Å²) in [5.41, 5.74) is 2.47. The summed E-state index contributed by atoms with van der Waals surface area (Å²) >= 11 is 1.64. The van der Waals surface area contributed by atoms with Crippen LogP contribution in [0.25, 0.3) is 0 Å². The summed E-state index contributed by atoms with van der Waals surface area (Å²) < 4.78 is 11.0. The molecule has 2 heterocycles. The van der Waals surface area contributed by atoms with Crippen molar-refractivity contribution in [3.05, 3.63) is 52.0 Å². The number of rotatable bonds is 7. The van der Waals surface area contributed by atoms with Gasteiger partial charge in [-0.2, -0.15) is 0 Å². The summed E-state index contributed by atoms with van der Waals surface area (Å²) in [4.78, 5) is 11.3. The van der Waals surface area contributed by atoms with E-state index < -0.39 is 0 Å². The third-order valence-corrected chi connectivity index (χ3v) is 6.72. The van der Waals surface area contributed by atoms with E-state index in [1.165, 1.54) is 5.56 Å². The normalized spacial score (nSPS) is 17.7. The Balaban J connectivity index is 1.66. The number of thiazole rings is 1. The molecule has 1 fully saturated rings. The first kappa shape index (κ1) is 21.7. The van der Waals surface area contributed by atoms with E-state index in [0.717, 1.165) is 49.3 Å². The summed E-state index contributed by atoms with van der Waals surface area (Å²) in [5, 5.41) is 6.71. The molecule has 1 unspecified atom stereocenters. The molecule has 0 amide bonds. The molecule has 1 N–H and O–H groups in total. The third-order valence-electron chi connectivity index (χ3n) is 5.66. The predicted octanol–water partition coefficient (Wildman–Crippen LogP) is 3.61. The Morgan fingerprint density at radius 1 is 1.34 bits per heavy atom. The molecule has 0 saturated carbocycles. The van der Waals surface area contributed by atoms with Crippen molar-refractivity contribution in [3.63, 3.8) is 0 Å². The van der Waals surface area contributed by atoms with Gasteiger partial charge in [0.05, 0.1) is 12.2 Å². The topological polar surface area (TPSA) is 59.0 Å². The maximum absolute atomic E-state index is 5.65. The zero-order chi connectivity index (χ0) is 20.7. The van der Waals surface area contributed by atoms with Gasteiger partial charge in [-0.05, 0) is 25.3 Å². The van der Waals surface area contributed by atoms with Gasteiger partial charge in [-0.25, -0.2) is 4.98 Å². The minimum atomic E-state index is 0.0238. The largest absolute Gasteiger partial charge is 0.381 e. The van der Waals surface area contributed by atoms with Gasteiger partial charge in [0.2, 0.25) is 0 Å². The fraction of sp³-hybridized carbons (Fsp3) is 0.545. The average molecular weight is 417 g/mol. The van der Waals surface area contributed by atoms with Gasteiger partial charge < -0.3 is 19.7 Å². The van der Waals surface area contributed by atoms with Gasteiger partial charge >= 0.3 is 0 Å². The summed E-state index contributed by atoms with van der Waals surface area (Å²) in [6.45, 7) is 5.15. The highest BCUT2D eigenvalue weighted by Crippen LogP contribution is 2.34. The van der Waals surface area contributed by atoms with Crippen LogP contribution in [0.3, 0.4) is 0 Å². The highest BCUT2D eigenvalue weighted by atomic mass is 32.1. The second-order valence-corrected chi connectivity index (χ2v) is 8.46.